The number of aryl methyl sites for hydroxylation is 3. The molecule has 0 aliphatic rings. The van der Waals surface area contributed by atoms with Gasteiger partial charge in [-0.3, -0.25) is 0 Å². The zero-order valence-corrected chi connectivity index (χ0v) is 12.3. The van der Waals surface area contributed by atoms with Crippen molar-refractivity contribution in [3.63, 3.8) is 0 Å². The lowest BCUT2D eigenvalue weighted by molar-refractivity contribution is 0.872. The minimum Gasteiger partial charge on any atom is -0.379 e. The highest BCUT2D eigenvalue weighted by atomic mass is 14.9. The molecule has 0 fully saturated rings. The van der Waals surface area contributed by atoms with E-state index in [1.165, 1.54) is 27.9 Å². The summed E-state index contributed by atoms with van der Waals surface area (Å²) < 4.78 is 0. The van der Waals surface area contributed by atoms with Crippen LogP contribution in [-0.4, -0.2) is 0 Å². The van der Waals surface area contributed by atoms with Gasteiger partial charge in [-0.05, 0) is 56.0 Å². The van der Waals surface area contributed by atoms with Gasteiger partial charge in [0.2, 0.25) is 0 Å². The third kappa shape index (κ3) is 3.37. The van der Waals surface area contributed by atoms with Crippen LogP contribution >= 0.6 is 0 Å². The SMILES string of the molecule is CCc1cccc(NC(C)c2ccc(C)cc2C)c1. The molecule has 0 saturated heterocycles. The monoisotopic (exact) mass is 253 g/mol. The molecule has 0 radical (unpaired) electrons. The molecule has 1 heteroatoms. The maximum Gasteiger partial charge on any atom is 0.0488 e. The Morgan fingerprint density at radius 2 is 1.84 bits per heavy atom. The molecule has 0 saturated carbocycles. The molecule has 0 amide bonds. The lowest BCUT2D eigenvalue weighted by Crippen LogP contribution is -2.08. The molecule has 100 valence electrons. The Labute approximate surface area is 116 Å². The summed E-state index contributed by atoms with van der Waals surface area (Å²) in [5.74, 6) is 0. The van der Waals surface area contributed by atoms with Crippen LogP contribution in [0.4, 0.5) is 5.69 Å². The summed E-state index contributed by atoms with van der Waals surface area (Å²) in [6, 6.07) is 15.7. The highest BCUT2D eigenvalue weighted by Crippen LogP contribution is 2.23. The fourth-order valence-corrected chi connectivity index (χ4v) is 2.52. The molecule has 19 heavy (non-hydrogen) atoms. The maximum absolute atomic E-state index is 3.59. The van der Waals surface area contributed by atoms with Gasteiger partial charge in [0, 0.05) is 11.7 Å². The molecule has 0 spiro atoms. The first-order valence-corrected chi connectivity index (χ1v) is 7.02. The molecule has 2 rings (SSSR count). The zero-order valence-electron chi connectivity index (χ0n) is 12.3. The molecule has 0 aromatic heterocycles. The molecule has 1 atom stereocenters. The largest absolute Gasteiger partial charge is 0.379 e. The van der Waals surface area contributed by atoms with E-state index in [1.807, 2.05) is 0 Å². The number of hydrogen-bond donors (Lipinski definition) is 1. The van der Waals surface area contributed by atoms with Gasteiger partial charge in [-0.1, -0.05) is 42.8 Å². The molecule has 0 aliphatic carbocycles. The van der Waals surface area contributed by atoms with E-state index in [2.05, 4.69) is 75.5 Å². The van der Waals surface area contributed by atoms with Crippen LogP contribution in [0.1, 0.15) is 42.1 Å². The van der Waals surface area contributed by atoms with Crippen molar-refractivity contribution in [2.75, 3.05) is 5.32 Å². The molecule has 1 nitrogen and oxygen atoms in total. The smallest absolute Gasteiger partial charge is 0.0488 e. The number of anilines is 1. The average Bonchev–Trinajstić information content (AvgIpc) is 2.38. The van der Waals surface area contributed by atoms with E-state index in [4.69, 9.17) is 0 Å². The summed E-state index contributed by atoms with van der Waals surface area (Å²) in [6.45, 7) is 8.73. The predicted molar refractivity (Wildman–Crippen MR) is 83.8 cm³/mol. The maximum atomic E-state index is 3.59. The zero-order chi connectivity index (χ0) is 13.8. The summed E-state index contributed by atoms with van der Waals surface area (Å²) in [7, 11) is 0. The van der Waals surface area contributed by atoms with Gasteiger partial charge in [0.05, 0.1) is 0 Å². The molecule has 0 bridgehead atoms. The van der Waals surface area contributed by atoms with Crippen LogP contribution in [0.3, 0.4) is 0 Å². The minimum atomic E-state index is 0.327. The van der Waals surface area contributed by atoms with E-state index in [0.717, 1.165) is 6.42 Å². The first kappa shape index (κ1) is 13.7. The molecule has 1 unspecified atom stereocenters. The van der Waals surface area contributed by atoms with Gasteiger partial charge in [0.1, 0.15) is 0 Å². The van der Waals surface area contributed by atoms with E-state index >= 15 is 0 Å². The number of rotatable bonds is 4. The number of benzene rings is 2. The summed E-state index contributed by atoms with van der Waals surface area (Å²) in [6.07, 6.45) is 1.08. The van der Waals surface area contributed by atoms with E-state index < -0.39 is 0 Å². The van der Waals surface area contributed by atoms with E-state index in [1.54, 1.807) is 0 Å². The van der Waals surface area contributed by atoms with Crippen LogP contribution in [0.5, 0.6) is 0 Å². The van der Waals surface area contributed by atoms with Crippen molar-refractivity contribution in [3.05, 3.63) is 64.7 Å². The second kappa shape index (κ2) is 5.92. The Hall–Kier alpha value is -1.76. The Kier molecular flexibility index (Phi) is 4.26. The van der Waals surface area contributed by atoms with Gasteiger partial charge in [0.15, 0.2) is 0 Å². The lowest BCUT2D eigenvalue weighted by atomic mass is 10.00. The molecule has 0 aliphatic heterocycles. The van der Waals surface area contributed by atoms with Gasteiger partial charge in [-0.2, -0.15) is 0 Å². The van der Waals surface area contributed by atoms with E-state index in [0.29, 0.717) is 6.04 Å². The van der Waals surface area contributed by atoms with E-state index in [-0.39, 0.29) is 0 Å². The predicted octanol–water partition coefficient (Wildman–Crippen LogP) is 5.04. The topological polar surface area (TPSA) is 12.0 Å². The Bertz CT molecular complexity index is 557. The van der Waals surface area contributed by atoms with Gasteiger partial charge >= 0.3 is 0 Å². The quantitative estimate of drug-likeness (QED) is 0.805. The second-order valence-electron chi connectivity index (χ2n) is 5.28. The summed E-state index contributed by atoms with van der Waals surface area (Å²) in [5, 5.41) is 3.59. The second-order valence-corrected chi connectivity index (χ2v) is 5.28. The average molecular weight is 253 g/mol. The van der Waals surface area contributed by atoms with E-state index in [9.17, 15) is 0 Å². The van der Waals surface area contributed by atoms with Crippen molar-refractivity contribution < 1.29 is 0 Å². The third-order valence-corrected chi connectivity index (χ3v) is 3.61. The van der Waals surface area contributed by atoms with Crippen molar-refractivity contribution in [1.82, 2.24) is 0 Å². The van der Waals surface area contributed by atoms with Gasteiger partial charge < -0.3 is 5.32 Å². The fourth-order valence-electron chi connectivity index (χ4n) is 2.52. The molecule has 2 aromatic carbocycles. The van der Waals surface area contributed by atoms with Gasteiger partial charge in [-0.25, -0.2) is 0 Å². The van der Waals surface area contributed by atoms with Crippen LogP contribution in [0.15, 0.2) is 42.5 Å². The van der Waals surface area contributed by atoms with Crippen LogP contribution in [0.2, 0.25) is 0 Å². The standard InChI is InChI=1S/C18H23N/c1-5-16-7-6-8-17(12-16)19-15(4)18-10-9-13(2)11-14(18)3/h6-12,15,19H,5H2,1-4H3. The highest BCUT2D eigenvalue weighted by molar-refractivity contribution is 5.48. The Morgan fingerprint density at radius 3 is 2.53 bits per heavy atom. The van der Waals surface area contributed by atoms with Crippen molar-refractivity contribution >= 4 is 5.69 Å². The van der Waals surface area contributed by atoms with Crippen molar-refractivity contribution in [3.8, 4) is 0 Å². The minimum absolute atomic E-state index is 0.327. The number of hydrogen-bond acceptors (Lipinski definition) is 1. The lowest BCUT2D eigenvalue weighted by Gasteiger charge is -2.18. The first-order valence-electron chi connectivity index (χ1n) is 7.02. The van der Waals surface area contributed by atoms with Crippen molar-refractivity contribution in [2.45, 2.75) is 40.2 Å². The molecular formula is C18H23N. The van der Waals surface area contributed by atoms with Crippen LogP contribution < -0.4 is 5.32 Å². The summed E-state index contributed by atoms with van der Waals surface area (Å²) in [5.41, 5.74) is 6.62. The summed E-state index contributed by atoms with van der Waals surface area (Å²) in [4.78, 5) is 0. The van der Waals surface area contributed by atoms with Crippen LogP contribution in [-0.2, 0) is 6.42 Å². The van der Waals surface area contributed by atoms with Gasteiger partial charge in [0.25, 0.3) is 0 Å². The normalized spacial score (nSPS) is 12.2. The fraction of sp³-hybridized carbons (Fsp3) is 0.333. The first-order chi connectivity index (χ1) is 9.10. The highest BCUT2D eigenvalue weighted by Gasteiger charge is 2.08. The van der Waals surface area contributed by atoms with Crippen LogP contribution in [0.25, 0.3) is 0 Å². The van der Waals surface area contributed by atoms with Gasteiger partial charge in [-0.15, -0.1) is 0 Å². The number of nitrogens with one attached hydrogen (secondary N) is 1. The van der Waals surface area contributed by atoms with Crippen molar-refractivity contribution in [1.29, 1.82) is 0 Å². The van der Waals surface area contributed by atoms with Crippen molar-refractivity contribution in [2.24, 2.45) is 0 Å². The molecule has 1 N–H and O–H groups in total. The molecule has 2 aromatic rings. The molecule has 0 heterocycles. The Balaban J connectivity index is 2.17. The summed E-state index contributed by atoms with van der Waals surface area (Å²) >= 11 is 0. The molecular weight excluding hydrogens is 230 g/mol. The van der Waals surface area contributed by atoms with Crippen LogP contribution in [0, 0.1) is 13.8 Å². The third-order valence-electron chi connectivity index (χ3n) is 3.61. The Morgan fingerprint density at radius 1 is 1.05 bits per heavy atom.